The van der Waals surface area contributed by atoms with Gasteiger partial charge in [-0.2, -0.15) is 0 Å². The summed E-state index contributed by atoms with van der Waals surface area (Å²) >= 11 is 0. The van der Waals surface area contributed by atoms with E-state index in [9.17, 15) is 9.59 Å². The summed E-state index contributed by atoms with van der Waals surface area (Å²) in [4.78, 5) is 32.0. The summed E-state index contributed by atoms with van der Waals surface area (Å²) < 4.78 is 7.72. The topological polar surface area (TPSA) is 87.9 Å². The van der Waals surface area contributed by atoms with Crippen LogP contribution in [0.2, 0.25) is 0 Å². The number of aliphatic carboxylic acids is 1. The first-order chi connectivity index (χ1) is 12.1. The Kier molecular flexibility index (Phi) is 5.70. The third-order valence-corrected chi connectivity index (χ3v) is 4.91. The van der Waals surface area contributed by atoms with Crippen molar-refractivity contribution in [1.82, 2.24) is 19.4 Å². The maximum Gasteiger partial charge on any atom is 0.317 e. The van der Waals surface area contributed by atoms with Crippen molar-refractivity contribution in [2.45, 2.75) is 32.4 Å². The SMILES string of the molecule is CCc1nccn1CCC(=O)N1C[C@H]2COC[C@@H]1CN(CC(=O)O)C2. The highest BCUT2D eigenvalue weighted by molar-refractivity contribution is 5.76. The summed E-state index contributed by atoms with van der Waals surface area (Å²) in [5, 5.41) is 9.07. The van der Waals surface area contributed by atoms with E-state index < -0.39 is 5.97 Å². The molecule has 0 unspecified atom stereocenters. The van der Waals surface area contributed by atoms with Gasteiger partial charge in [0, 0.05) is 57.3 Å². The second-order valence-electron chi connectivity index (χ2n) is 6.83. The van der Waals surface area contributed by atoms with Gasteiger partial charge in [0.15, 0.2) is 0 Å². The standard InChI is InChI=1S/C17H26N4O4/c1-2-15-18-4-6-20(15)5-3-16(22)21-8-13-7-19(10-17(23)24)9-14(21)12-25-11-13/h4,6,13-14H,2-3,5,7-12H2,1H3,(H,23,24)/t13-,14-/m0/s1. The molecule has 8 heteroatoms. The highest BCUT2D eigenvalue weighted by atomic mass is 16.5. The van der Waals surface area contributed by atoms with Gasteiger partial charge in [-0.25, -0.2) is 4.98 Å². The predicted octanol–water partition coefficient (Wildman–Crippen LogP) is 0.0794. The largest absolute Gasteiger partial charge is 0.480 e. The summed E-state index contributed by atoms with van der Waals surface area (Å²) in [7, 11) is 0. The van der Waals surface area contributed by atoms with Crippen LogP contribution in [0.1, 0.15) is 19.2 Å². The maximum atomic E-state index is 12.8. The van der Waals surface area contributed by atoms with E-state index in [0.29, 0.717) is 45.8 Å². The number of amides is 1. The Morgan fingerprint density at radius 2 is 2.16 bits per heavy atom. The second-order valence-corrected chi connectivity index (χ2v) is 6.83. The third-order valence-electron chi connectivity index (χ3n) is 4.91. The molecule has 2 saturated heterocycles. The monoisotopic (exact) mass is 350 g/mol. The molecule has 0 spiro atoms. The van der Waals surface area contributed by atoms with Crippen LogP contribution in [0.25, 0.3) is 0 Å². The lowest BCUT2D eigenvalue weighted by atomic mass is 10.1. The summed E-state index contributed by atoms with van der Waals surface area (Å²) in [6.45, 7) is 5.60. The number of imidazole rings is 1. The Bertz CT molecular complexity index is 618. The van der Waals surface area contributed by atoms with Crippen molar-refractivity contribution < 1.29 is 19.4 Å². The molecule has 0 aromatic carbocycles. The number of carboxylic acids is 1. The van der Waals surface area contributed by atoms with Crippen LogP contribution in [0.15, 0.2) is 12.4 Å². The molecule has 0 saturated carbocycles. The lowest BCUT2D eigenvalue weighted by molar-refractivity contribution is -0.138. The van der Waals surface area contributed by atoms with Crippen molar-refractivity contribution in [1.29, 1.82) is 0 Å². The van der Waals surface area contributed by atoms with Crippen LogP contribution in [0.5, 0.6) is 0 Å². The average molecular weight is 350 g/mol. The fourth-order valence-electron chi connectivity index (χ4n) is 3.78. The number of nitrogens with zero attached hydrogens (tertiary/aromatic N) is 4. The van der Waals surface area contributed by atoms with Gasteiger partial charge in [-0.1, -0.05) is 6.92 Å². The van der Waals surface area contributed by atoms with Crippen LogP contribution in [-0.2, 0) is 27.3 Å². The van der Waals surface area contributed by atoms with Gasteiger partial charge in [0.2, 0.25) is 5.91 Å². The van der Waals surface area contributed by atoms with E-state index in [4.69, 9.17) is 9.84 Å². The first kappa shape index (κ1) is 17.9. The van der Waals surface area contributed by atoms with Gasteiger partial charge in [-0.3, -0.25) is 14.5 Å². The van der Waals surface area contributed by atoms with Gasteiger partial charge in [0.05, 0.1) is 25.8 Å². The number of carbonyl (C=O) groups excluding carboxylic acids is 1. The zero-order valence-corrected chi connectivity index (χ0v) is 14.6. The Balaban J connectivity index is 1.64. The Morgan fingerprint density at radius 3 is 2.92 bits per heavy atom. The number of carbonyl (C=O) groups is 2. The van der Waals surface area contributed by atoms with Gasteiger partial charge in [-0.05, 0) is 0 Å². The lowest BCUT2D eigenvalue weighted by Crippen LogP contribution is -2.47. The average Bonchev–Trinajstić information content (AvgIpc) is 2.83. The molecule has 3 rings (SSSR count). The maximum absolute atomic E-state index is 12.8. The van der Waals surface area contributed by atoms with Gasteiger partial charge in [0.25, 0.3) is 0 Å². The molecule has 1 N–H and O–H groups in total. The molecular formula is C17H26N4O4. The van der Waals surface area contributed by atoms with Crippen LogP contribution in [0, 0.1) is 5.92 Å². The molecule has 2 bridgehead atoms. The molecular weight excluding hydrogens is 324 g/mol. The van der Waals surface area contributed by atoms with Crippen LogP contribution in [0.3, 0.4) is 0 Å². The number of hydrogen-bond acceptors (Lipinski definition) is 5. The normalized spacial score (nSPS) is 24.1. The zero-order valence-electron chi connectivity index (χ0n) is 14.6. The Labute approximate surface area is 147 Å². The van der Waals surface area contributed by atoms with Crippen molar-refractivity contribution >= 4 is 11.9 Å². The minimum atomic E-state index is -0.828. The molecule has 0 radical (unpaired) electrons. The van der Waals surface area contributed by atoms with Crippen molar-refractivity contribution in [2.75, 3.05) is 39.4 Å². The van der Waals surface area contributed by atoms with Crippen molar-refractivity contribution in [3.05, 3.63) is 18.2 Å². The Morgan fingerprint density at radius 1 is 1.32 bits per heavy atom. The number of aryl methyl sites for hydroxylation is 2. The van der Waals surface area contributed by atoms with Crippen LogP contribution in [0.4, 0.5) is 0 Å². The second kappa shape index (κ2) is 7.97. The Hall–Kier alpha value is -1.93. The van der Waals surface area contributed by atoms with Crippen LogP contribution >= 0.6 is 0 Å². The highest BCUT2D eigenvalue weighted by Crippen LogP contribution is 2.20. The smallest absolute Gasteiger partial charge is 0.317 e. The molecule has 2 fully saturated rings. The molecule has 2 atom stereocenters. The quantitative estimate of drug-likeness (QED) is 0.782. The molecule has 1 aromatic rings. The lowest BCUT2D eigenvalue weighted by Gasteiger charge is -2.30. The first-order valence-corrected chi connectivity index (χ1v) is 8.88. The summed E-state index contributed by atoms with van der Waals surface area (Å²) in [6, 6.07) is -0.0761. The first-order valence-electron chi connectivity index (χ1n) is 8.88. The fraction of sp³-hybridized carbons (Fsp3) is 0.706. The number of fused-ring (bicyclic) bond motifs is 3. The van der Waals surface area contributed by atoms with E-state index in [0.717, 1.165) is 12.2 Å². The van der Waals surface area contributed by atoms with E-state index in [2.05, 4.69) is 4.98 Å². The van der Waals surface area contributed by atoms with E-state index in [1.165, 1.54) is 0 Å². The van der Waals surface area contributed by atoms with Gasteiger partial charge >= 0.3 is 5.97 Å². The molecule has 3 heterocycles. The molecule has 1 amide bonds. The fourth-order valence-corrected chi connectivity index (χ4v) is 3.78. The molecule has 138 valence electrons. The molecule has 0 aliphatic carbocycles. The van der Waals surface area contributed by atoms with E-state index >= 15 is 0 Å². The number of aromatic nitrogens is 2. The van der Waals surface area contributed by atoms with E-state index in [1.54, 1.807) is 6.20 Å². The third kappa shape index (κ3) is 4.38. The summed E-state index contributed by atoms with van der Waals surface area (Å²) in [5.41, 5.74) is 0. The molecule has 8 nitrogen and oxygen atoms in total. The van der Waals surface area contributed by atoms with E-state index in [-0.39, 0.29) is 24.4 Å². The van der Waals surface area contributed by atoms with Crippen molar-refractivity contribution in [2.24, 2.45) is 5.92 Å². The number of ether oxygens (including phenoxy) is 1. The minimum absolute atomic E-state index is 0.0178. The van der Waals surface area contributed by atoms with Gasteiger partial charge in [-0.15, -0.1) is 0 Å². The number of carboxylic acid groups (broad SMARTS) is 1. The minimum Gasteiger partial charge on any atom is -0.480 e. The molecule has 25 heavy (non-hydrogen) atoms. The van der Waals surface area contributed by atoms with E-state index in [1.807, 2.05) is 27.5 Å². The van der Waals surface area contributed by atoms with Gasteiger partial charge < -0.3 is 19.3 Å². The van der Waals surface area contributed by atoms with Crippen molar-refractivity contribution in [3.8, 4) is 0 Å². The molecule has 2 aliphatic rings. The number of hydrogen-bond donors (Lipinski definition) is 1. The highest BCUT2D eigenvalue weighted by Gasteiger charge is 2.36. The van der Waals surface area contributed by atoms with Crippen LogP contribution in [-0.4, -0.2) is 81.8 Å². The van der Waals surface area contributed by atoms with Crippen LogP contribution < -0.4 is 0 Å². The molecule has 1 aromatic heterocycles. The van der Waals surface area contributed by atoms with Crippen molar-refractivity contribution in [3.63, 3.8) is 0 Å². The predicted molar refractivity (Wildman–Crippen MR) is 90.1 cm³/mol. The number of rotatable bonds is 6. The molecule has 2 aliphatic heterocycles. The summed E-state index contributed by atoms with van der Waals surface area (Å²) in [6.07, 6.45) is 4.93. The zero-order chi connectivity index (χ0) is 17.8. The summed E-state index contributed by atoms with van der Waals surface area (Å²) in [5.74, 6) is 0.424. The van der Waals surface area contributed by atoms with Gasteiger partial charge in [0.1, 0.15) is 5.82 Å².